The van der Waals surface area contributed by atoms with E-state index in [-0.39, 0.29) is 0 Å². The van der Waals surface area contributed by atoms with Crippen LogP contribution < -0.4 is 0 Å². The third-order valence-electron chi connectivity index (χ3n) is 1.87. The molecule has 0 atom stereocenters. The lowest BCUT2D eigenvalue weighted by atomic mass is 10.3. The van der Waals surface area contributed by atoms with Crippen LogP contribution in [0.4, 0.5) is 0 Å². The van der Waals surface area contributed by atoms with Crippen LogP contribution in [-0.4, -0.2) is 46.0 Å². The summed E-state index contributed by atoms with van der Waals surface area (Å²) >= 11 is 0. The molecule has 22 heavy (non-hydrogen) atoms. The topological polar surface area (TPSA) is 161 Å². The maximum atomic E-state index is 11.1. The van der Waals surface area contributed by atoms with E-state index in [1.54, 1.807) is 0 Å². The minimum Gasteiger partial charge on any atom is -0.481 e. The van der Waals surface area contributed by atoms with Gasteiger partial charge in [-0.3, -0.25) is 19.2 Å². The largest absolute Gasteiger partial charge is 0.481 e. The van der Waals surface area contributed by atoms with Crippen LogP contribution in [0.15, 0.2) is 12.2 Å². The summed E-state index contributed by atoms with van der Waals surface area (Å²) in [4.78, 5) is 64.4. The van der Waals surface area contributed by atoms with E-state index in [1.807, 2.05) is 0 Å². The molecule has 0 radical (unpaired) electrons. The molecule has 0 rings (SSSR count). The number of hydrogen-bond donors (Lipinski definition) is 2. The molecule has 0 saturated carbocycles. The predicted octanol–water partition coefficient (Wildman–Crippen LogP) is -0.588. The molecule has 0 aromatic rings. The Hall–Kier alpha value is -3.04. The highest BCUT2D eigenvalue weighted by atomic mass is 16.6. The van der Waals surface area contributed by atoms with E-state index in [1.165, 1.54) is 0 Å². The zero-order chi connectivity index (χ0) is 17.1. The van der Waals surface area contributed by atoms with Crippen molar-refractivity contribution in [3.05, 3.63) is 12.2 Å². The van der Waals surface area contributed by atoms with Gasteiger partial charge < -0.3 is 19.7 Å². The second-order valence-electron chi connectivity index (χ2n) is 3.71. The van der Waals surface area contributed by atoms with Gasteiger partial charge in [0.1, 0.15) is 0 Å². The van der Waals surface area contributed by atoms with Gasteiger partial charge in [-0.25, -0.2) is 9.59 Å². The SMILES string of the molecule is O=C(O)CCC(=O)OC(=O)/C=C/C(=O)OC(=O)CCC(=O)O. The van der Waals surface area contributed by atoms with Crippen LogP contribution in [-0.2, 0) is 38.2 Å². The molecule has 0 spiro atoms. The van der Waals surface area contributed by atoms with Crippen molar-refractivity contribution in [3.8, 4) is 0 Å². The standard InChI is InChI=1S/C12H12O10/c13-7(14)1-3-9(17)21-11(19)5-6-12(20)22-10(18)4-2-8(15)16/h5-6H,1-4H2,(H,13,14)(H,15,16)/b6-5+. The van der Waals surface area contributed by atoms with Gasteiger partial charge in [0.05, 0.1) is 25.7 Å². The van der Waals surface area contributed by atoms with Crippen LogP contribution in [0.25, 0.3) is 0 Å². The fraction of sp³-hybridized carbons (Fsp3) is 0.333. The molecule has 0 saturated heterocycles. The molecular weight excluding hydrogens is 304 g/mol. The maximum Gasteiger partial charge on any atom is 0.338 e. The Morgan fingerprint density at radius 1 is 0.636 bits per heavy atom. The van der Waals surface area contributed by atoms with E-state index in [2.05, 4.69) is 9.47 Å². The lowest BCUT2D eigenvalue weighted by Crippen LogP contribution is -2.14. The van der Waals surface area contributed by atoms with Crippen molar-refractivity contribution in [1.82, 2.24) is 0 Å². The van der Waals surface area contributed by atoms with Gasteiger partial charge in [-0.1, -0.05) is 0 Å². The first kappa shape index (κ1) is 19.0. The van der Waals surface area contributed by atoms with Crippen LogP contribution in [0.3, 0.4) is 0 Å². The van der Waals surface area contributed by atoms with Gasteiger partial charge in [-0.05, 0) is 0 Å². The third kappa shape index (κ3) is 10.8. The van der Waals surface area contributed by atoms with Gasteiger partial charge in [0, 0.05) is 12.2 Å². The van der Waals surface area contributed by atoms with E-state index < -0.39 is 61.5 Å². The maximum absolute atomic E-state index is 11.1. The first-order chi connectivity index (χ1) is 10.2. The number of ether oxygens (including phenoxy) is 2. The monoisotopic (exact) mass is 316 g/mol. The lowest BCUT2D eigenvalue weighted by Gasteiger charge is -1.99. The number of rotatable bonds is 8. The number of carbonyl (C=O) groups excluding carboxylic acids is 4. The molecule has 0 fully saturated rings. The van der Waals surface area contributed by atoms with Gasteiger partial charge in [-0.15, -0.1) is 0 Å². The van der Waals surface area contributed by atoms with Crippen molar-refractivity contribution in [2.24, 2.45) is 0 Å². The highest BCUT2D eigenvalue weighted by molar-refractivity contribution is 5.99. The Morgan fingerprint density at radius 3 is 1.23 bits per heavy atom. The molecule has 10 nitrogen and oxygen atoms in total. The van der Waals surface area contributed by atoms with Gasteiger partial charge in [0.2, 0.25) is 0 Å². The van der Waals surface area contributed by atoms with E-state index in [0.29, 0.717) is 12.2 Å². The highest BCUT2D eigenvalue weighted by Crippen LogP contribution is 1.96. The summed E-state index contributed by atoms with van der Waals surface area (Å²) in [6, 6.07) is 0. The van der Waals surface area contributed by atoms with E-state index in [4.69, 9.17) is 10.2 Å². The fourth-order valence-electron chi connectivity index (χ4n) is 0.949. The summed E-state index contributed by atoms with van der Waals surface area (Å²) in [5.74, 6) is -7.17. The van der Waals surface area contributed by atoms with Crippen LogP contribution >= 0.6 is 0 Å². The predicted molar refractivity (Wildman–Crippen MR) is 65.1 cm³/mol. The Kier molecular flexibility index (Phi) is 8.45. The Bertz CT molecular complexity index is 470. The molecular formula is C12H12O10. The summed E-state index contributed by atoms with van der Waals surface area (Å²) in [6.45, 7) is 0. The van der Waals surface area contributed by atoms with Crippen molar-refractivity contribution >= 4 is 35.8 Å². The summed E-state index contributed by atoms with van der Waals surface area (Å²) in [5, 5.41) is 16.6. The number of carboxylic acid groups (broad SMARTS) is 2. The Labute approximate surface area is 123 Å². The average molecular weight is 316 g/mol. The molecule has 120 valence electrons. The first-order valence-corrected chi connectivity index (χ1v) is 5.81. The van der Waals surface area contributed by atoms with Crippen LogP contribution in [0.5, 0.6) is 0 Å². The van der Waals surface area contributed by atoms with Crippen molar-refractivity contribution in [2.45, 2.75) is 25.7 Å². The van der Waals surface area contributed by atoms with E-state index in [9.17, 15) is 28.8 Å². The van der Waals surface area contributed by atoms with Gasteiger partial charge >= 0.3 is 35.8 Å². The average Bonchev–Trinajstić information content (AvgIpc) is 2.40. The Morgan fingerprint density at radius 2 is 0.955 bits per heavy atom. The minimum absolute atomic E-state index is 0.505. The van der Waals surface area contributed by atoms with Gasteiger partial charge in [0.15, 0.2) is 0 Å². The number of hydrogen-bond acceptors (Lipinski definition) is 8. The summed E-state index contributed by atoms with van der Waals surface area (Å²) in [6.07, 6.45) is -1.07. The lowest BCUT2D eigenvalue weighted by molar-refractivity contribution is -0.159. The number of esters is 4. The van der Waals surface area contributed by atoms with Gasteiger partial charge in [-0.2, -0.15) is 0 Å². The molecule has 0 aromatic carbocycles. The van der Waals surface area contributed by atoms with E-state index in [0.717, 1.165) is 0 Å². The number of carboxylic acids is 2. The van der Waals surface area contributed by atoms with Crippen molar-refractivity contribution < 1.29 is 48.5 Å². The smallest absolute Gasteiger partial charge is 0.338 e. The molecule has 0 aliphatic heterocycles. The molecule has 0 aliphatic carbocycles. The first-order valence-electron chi connectivity index (χ1n) is 5.81. The second-order valence-corrected chi connectivity index (χ2v) is 3.71. The molecule has 0 aromatic heterocycles. The summed E-state index contributed by atoms with van der Waals surface area (Å²) < 4.78 is 8.27. The van der Waals surface area contributed by atoms with Crippen molar-refractivity contribution in [2.75, 3.05) is 0 Å². The molecule has 2 N–H and O–H groups in total. The highest BCUT2D eigenvalue weighted by Gasteiger charge is 2.12. The third-order valence-corrected chi connectivity index (χ3v) is 1.87. The number of carbonyl (C=O) groups is 6. The molecule has 10 heteroatoms. The molecule has 0 unspecified atom stereocenters. The quantitative estimate of drug-likeness (QED) is 0.336. The summed E-state index contributed by atoms with van der Waals surface area (Å²) in [7, 11) is 0. The zero-order valence-corrected chi connectivity index (χ0v) is 11.1. The van der Waals surface area contributed by atoms with Crippen LogP contribution in [0, 0.1) is 0 Å². The molecule has 0 heterocycles. The normalized spacial score (nSPS) is 10.0. The van der Waals surface area contributed by atoms with E-state index >= 15 is 0 Å². The molecule has 0 amide bonds. The van der Waals surface area contributed by atoms with Gasteiger partial charge in [0.25, 0.3) is 0 Å². The van der Waals surface area contributed by atoms with Crippen LogP contribution in [0.1, 0.15) is 25.7 Å². The molecule has 0 aliphatic rings. The fourth-order valence-corrected chi connectivity index (χ4v) is 0.949. The minimum atomic E-state index is -1.25. The van der Waals surface area contributed by atoms with Crippen molar-refractivity contribution in [1.29, 1.82) is 0 Å². The van der Waals surface area contributed by atoms with Crippen LogP contribution in [0.2, 0.25) is 0 Å². The van der Waals surface area contributed by atoms with Crippen molar-refractivity contribution in [3.63, 3.8) is 0 Å². The second kappa shape index (κ2) is 9.80. The zero-order valence-electron chi connectivity index (χ0n) is 11.1. The Balaban J connectivity index is 4.12. The summed E-state index contributed by atoms with van der Waals surface area (Å²) in [5.41, 5.74) is 0. The number of aliphatic carboxylic acids is 2. The molecule has 0 bridgehead atoms.